The van der Waals surface area contributed by atoms with Crippen molar-refractivity contribution in [3.63, 3.8) is 0 Å². The molecule has 0 radical (unpaired) electrons. The fourth-order valence-corrected chi connectivity index (χ4v) is 2.00. The van der Waals surface area contributed by atoms with Crippen LogP contribution in [0.4, 0.5) is 8.78 Å². The van der Waals surface area contributed by atoms with Crippen LogP contribution in [0.15, 0.2) is 42.5 Å². The Morgan fingerprint density at radius 2 is 1.62 bits per heavy atom. The first-order valence-corrected chi connectivity index (χ1v) is 6.34. The van der Waals surface area contributed by atoms with E-state index in [2.05, 4.69) is 15.2 Å². The van der Waals surface area contributed by atoms with Crippen LogP contribution >= 0.6 is 0 Å². The van der Waals surface area contributed by atoms with E-state index in [1.165, 1.54) is 12.1 Å². The Kier molecular flexibility index (Phi) is 3.45. The number of nitrogens with one attached hydrogen (secondary N) is 1. The van der Waals surface area contributed by atoms with Crippen LogP contribution in [0, 0.1) is 11.6 Å². The summed E-state index contributed by atoms with van der Waals surface area (Å²) in [6.07, 6.45) is 0. The molecule has 0 amide bonds. The number of aromatic amines is 1. The molecule has 0 saturated heterocycles. The highest BCUT2D eigenvalue weighted by molar-refractivity contribution is 5.61. The van der Waals surface area contributed by atoms with Crippen molar-refractivity contribution in [3.05, 3.63) is 59.7 Å². The van der Waals surface area contributed by atoms with Gasteiger partial charge in [0.15, 0.2) is 11.6 Å². The van der Waals surface area contributed by atoms with E-state index in [0.29, 0.717) is 12.4 Å². The second-order valence-electron chi connectivity index (χ2n) is 4.57. The lowest BCUT2D eigenvalue weighted by Crippen LogP contribution is -1.95. The number of hydrogen-bond donors (Lipinski definition) is 2. The first-order valence-electron chi connectivity index (χ1n) is 6.34. The zero-order chi connectivity index (χ0) is 14.8. The summed E-state index contributed by atoms with van der Waals surface area (Å²) in [7, 11) is 0. The number of benzene rings is 2. The van der Waals surface area contributed by atoms with Gasteiger partial charge in [-0.3, -0.25) is 5.10 Å². The van der Waals surface area contributed by atoms with E-state index < -0.39 is 11.6 Å². The summed E-state index contributed by atoms with van der Waals surface area (Å²) >= 11 is 0. The highest BCUT2D eigenvalue weighted by Crippen LogP contribution is 2.21. The molecule has 3 aromatic rings. The molecule has 3 rings (SSSR count). The van der Waals surface area contributed by atoms with Crippen molar-refractivity contribution in [3.8, 4) is 22.8 Å². The molecule has 0 aliphatic rings. The summed E-state index contributed by atoms with van der Waals surface area (Å²) in [4.78, 5) is 4.26. The van der Waals surface area contributed by atoms with Gasteiger partial charge < -0.3 is 5.73 Å². The van der Waals surface area contributed by atoms with Crippen molar-refractivity contribution >= 4 is 0 Å². The van der Waals surface area contributed by atoms with Crippen LogP contribution in [-0.2, 0) is 6.54 Å². The normalized spacial score (nSPS) is 10.8. The largest absolute Gasteiger partial charge is 0.326 e. The number of rotatable bonds is 3. The molecule has 0 saturated carbocycles. The van der Waals surface area contributed by atoms with E-state index >= 15 is 0 Å². The lowest BCUT2D eigenvalue weighted by atomic mass is 10.1. The number of nitrogens with zero attached hydrogens (tertiary/aromatic N) is 2. The average molecular weight is 286 g/mol. The third kappa shape index (κ3) is 2.80. The molecule has 0 aliphatic heterocycles. The van der Waals surface area contributed by atoms with Crippen LogP contribution in [0.5, 0.6) is 0 Å². The summed E-state index contributed by atoms with van der Waals surface area (Å²) in [5.74, 6) is -0.558. The minimum Gasteiger partial charge on any atom is -0.326 e. The smallest absolute Gasteiger partial charge is 0.181 e. The standard InChI is InChI=1S/C15H12F2N4/c16-12-5-11(6-13(17)7-12)15-19-14(20-21-15)10-3-1-9(8-18)2-4-10/h1-7H,8,18H2,(H,19,20,21). The lowest BCUT2D eigenvalue weighted by molar-refractivity contribution is 0.584. The van der Waals surface area contributed by atoms with Crippen LogP contribution in [-0.4, -0.2) is 15.2 Å². The third-order valence-electron chi connectivity index (χ3n) is 3.07. The fourth-order valence-electron chi connectivity index (χ4n) is 2.00. The lowest BCUT2D eigenvalue weighted by Gasteiger charge is -1.99. The molecule has 0 unspecified atom stereocenters. The molecule has 2 aromatic carbocycles. The molecule has 21 heavy (non-hydrogen) atoms. The molecule has 0 bridgehead atoms. The molecule has 4 nitrogen and oxygen atoms in total. The molecule has 0 aliphatic carbocycles. The van der Waals surface area contributed by atoms with E-state index in [0.717, 1.165) is 17.2 Å². The topological polar surface area (TPSA) is 67.6 Å². The van der Waals surface area contributed by atoms with Crippen molar-refractivity contribution in [2.45, 2.75) is 6.54 Å². The maximum atomic E-state index is 13.2. The molecular formula is C15H12F2N4. The van der Waals surface area contributed by atoms with Gasteiger partial charge in [0.05, 0.1) is 0 Å². The van der Waals surface area contributed by atoms with Crippen LogP contribution < -0.4 is 5.73 Å². The molecule has 0 fully saturated rings. The van der Waals surface area contributed by atoms with Crippen LogP contribution in [0.25, 0.3) is 22.8 Å². The Morgan fingerprint density at radius 1 is 0.952 bits per heavy atom. The predicted octanol–water partition coefficient (Wildman–Crippen LogP) is 2.88. The van der Waals surface area contributed by atoms with Gasteiger partial charge in [-0.1, -0.05) is 24.3 Å². The number of halogens is 2. The van der Waals surface area contributed by atoms with Crippen LogP contribution in [0.1, 0.15) is 5.56 Å². The van der Waals surface area contributed by atoms with Gasteiger partial charge in [0.1, 0.15) is 11.6 Å². The molecule has 106 valence electrons. The third-order valence-corrected chi connectivity index (χ3v) is 3.07. The monoisotopic (exact) mass is 286 g/mol. The molecular weight excluding hydrogens is 274 g/mol. The number of aromatic nitrogens is 3. The maximum Gasteiger partial charge on any atom is 0.181 e. The molecule has 3 N–H and O–H groups in total. The summed E-state index contributed by atoms with van der Waals surface area (Å²) in [6, 6.07) is 10.7. The first-order chi connectivity index (χ1) is 10.2. The Morgan fingerprint density at radius 3 is 2.24 bits per heavy atom. The fraction of sp³-hybridized carbons (Fsp3) is 0.0667. The van der Waals surface area contributed by atoms with Gasteiger partial charge in [0.2, 0.25) is 0 Å². The van der Waals surface area contributed by atoms with Crippen molar-refractivity contribution < 1.29 is 8.78 Å². The first kappa shape index (κ1) is 13.4. The Hall–Kier alpha value is -2.60. The van der Waals surface area contributed by atoms with E-state index in [4.69, 9.17) is 5.73 Å². The Bertz CT molecular complexity index is 745. The molecule has 1 aromatic heterocycles. The Balaban J connectivity index is 1.95. The summed E-state index contributed by atoms with van der Waals surface area (Å²) in [5.41, 5.74) is 7.65. The van der Waals surface area contributed by atoms with E-state index in [9.17, 15) is 8.78 Å². The van der Waals surface area contributed by atoms with Crippen LogP contribution in [0.3, 0.4) is 0 Å². The van der Waals surface area contributed by atoms with Gasteiger partial charge in [-0.05, 0) is 17.7 Å². The minimum absolute atomic E-state index is 0.242. The number of H-pyrrole nitrogens is 1. The summed E-state index contributed by atoms with van der Waals surface area (Å²) in [6.45, 7) is 0.463. The number of nitrogens with two attached hydrogens (primary N) is 1. The quantitative estimate of drug-likeness (QED) is 0.778. The minimum atomic E-state index is -0.663. The second kappa shape index (κ2) is 5.41. The average Bonchev–Trinajstić information content (AvgIpc) is 2.96. The highest BCUT2D eigenvalue weighted by atomic mass is 19.1. The van der Waals surface area contributed by atoms with Gasteiger partial charge in [-0.15, -0.1) is 0 Å². The zero-order valence-electron chi connectivity index (χ0n) is 11.0. The molecule has 6 heteroatoms. The predicted molar refractivity (Wildman–Crippen MR) is 75.1 cm³/mol. The summed E-state index contributed by atoms with van der Waals surface area (Å²) in [5, 5.41) is 6.75. The van der Waals surface area contributed by atoms with Crippen LogP contribution in [0.2, 0.25) is 0 Å². The van der Waals surface area contributed by atoms with Gasteiger partial charge in [0.25, 0.3) is 0 Å². The molecule has 1 heterocycles. The number of hydrogen-bond acceptors (Lipinski definition) is 3. The van der Waals surface area contributed by atoms with E-state index in [-0.39, 0.29) is 11.4 Å². The van der Waals surface area contributed by atoms with Gasteiger partial charge in [0, 0.05) is 23.7 Å². The van der Waals surface area contributed by atoms with Gasteiger partial charge in [-0.25, -0.2) is 13.8 Å². The van der Waals surface area contributed by atoms with Crippen molar-refractivity contribution in [1.29, 1.82) is 0 Å². The second-order valence-corrected chi connectivity index (χ2v) is 4.57. The summed E-state index contributed by atoms with van der Waals surface area (Å²) < 4.78 is 26.4. The Labute approximate surface area is 119 Å². The zero-order valence-corrected chi connectivity index (χ0v) is 11.0. The van der Waals surface area contributed by atoms with Crippen molar-refractivity contribution in [1.82, 2.24) is 15.2 Å². The van der Waals surface area contributed by atoms with E-state index in [1.54, 1.807) is 0 Å². The molecule has 0 atom stereocenters. The van der Waals surface area contributed by atoms with Crippen molar-refractivity contribution in [2.24, 2.45) is 5.73 Å². The molecule has 0 spiro atoms. The van der Waals surface area contributed by atoms with Crippen molar-refractivity contribution in [2.75, 3.05) is 0 Å². The van der Waals surface area contributed by atoms with Gasteiger partial charge in [-0.2, -0.15) is 5.10 Å². The highest BCUT2D eigenvalue weighted by Gasteiger charge is 2.10. The maximum absolute atomic E-state index is 13.2. The SMILES string of the molecule is NCc1ccc(-c2nc(-c3cc(F)cc(F)c3)n[nH]2)cc1. The van der Waals surface area contributed by atoms with Gasteiger partial charge >= 0.3 is 0 Å². The van der Waals surface area contributed by atoms with E-state index in [1.807, 2.05) is 24.3 Å².